The van der Waals surface area contributed by atoms with Crippen LogP contribution in [0.25, 0.3) is 11.1 Å². The summed E-state index contributed by atoms with van der Waals surface area (Å²) in [6.45, 7) is 5.82. The Morgan fingerprint density at radius 3 is 2.21 bits per heavy atom. The number of nitrogens with one attached hydrogen (secondary N) is 1. The van der Waals surface area contributed by atoms with Crippen molar-refractivity contribution in [2.45, 2.75) is 33.0 Å². The first-order valence-electron chi connectivity index (χ1n) is 9.47. The van der Waals surface area contributed by atoms with Crippen molar-refractivity contribution < 1.29 is 14.3 Å². The molecule has 29 heavy (non-hydrogen) atoms. The lowest BCUT2D eigenvalue weighted by Gasteiger charge is -2.21. The fraction of sp³-hybridized carbons (Fsp3) is 0.208. The lowest BCUT2D eigenvalue weighted by molar-refractivity contribution is 0.0636. The number of nitrogen functional groups attached to an aromatic ring is 1. The minimum Gasteiger partial charge on any atom is -0.488 e. The van der Waals surface area contributed by atoms with E-state index in [2.05, 4.69) is 5.32 Å². The first-order valence-corrected chi connectivity index (χ1v) is 9.47. The summed E-state index contributed by atoms with van der Waals surface area (Å²) >= 11 is 0. The molecule has 5 heteroatoms. The summed E-state index contributed by atoms with van der Waals surface area (Å²) in [5, 5.41) is 2.72. The molecule has 3 aromatic rings. The Labute approximate surface area is 171 Å². The smallest absolute Gasteiger partial charge is 0.412 e. The van der Waals surface area contributed by atoms with Crippen LogP contribution >= 0.6 is 0 Å². The number of ether oxygens (including phenoxy) is 2. The lowest BCUT2D eigenvalue weighted by atomic mass is 10.0. The van der Waals surface area contributed by atoms with Gasteiger partial charge in [0, 0.05) is 11.6 Å². The lowest BCUT2D eigenvalue weighted by Crippen LogP contribution is -2.27. The van der Waals surface area contributed by atoms with Crippen LogP contribution in [0.3, 0.4) is 0 Å². The number of carbonyl (C=O) groups excluding carboxylic acids is 1. The van der Waals surface area contributed by atoms with E-state index in [1.54, 1.807) is 6.07 Å². The van der Waals surface area contributed by atoms with Crippen LogP contribution in [-0.4, -0.2) is 11.7 Å². The van der Waals surface area contributed by atoms with Crippen LogP contribution in [0, 0.1) is 0 Å². The molecule has 0 heterocycles. The predicted octanol–water partition coefficient (Wildman–Crippen LogP) is 5.86. The summed E-state index contributed by atoms with van der Waals surface area (Å²) in [7, 11) is 0. The largest absolute Gasteiger partial charge is 0.488 e. The van der Waals surface area contributed by atoms with Crippen molar-refractivity contribution in [3.8, 4) is 16.9 Å². The van der Waals surface area contributed by atoms with Gasteiger partial charge in [-0.3, -0.25) is 5.32 Å². The van der Waals surface area contributed by atoms with Crippen LogP contribution in [0.5, 0.6) is 5.75 Å². The minimum absolute atomic E-state index is 0.399. The van der Waals surface area contributed by atoms with Crippen molar-refractivity contribution in [2.24, 2.45) is 0 Å². The van der Waals surface area contributed by atoms with E-state index >= 15 is 0 Å². The molecule has 5 nitrogen and oxygen atoms in total. The van der Waals surface area contributed by atoms with Crippen LogP contribution in [0.4, 0.5) is 16.2 Å². The Bertz CT molecular complexity index is 965. The quantitative estimate of drug-likeness (QED) is 0.535. The highest BCUT2D eigenvalue weighted by molar-refractivity contribution is 5.92. The van der Waals surface area contributed by atoms with Gasteiger partial charge in [-0.1, -0.05) is 60.7 Å². The molecule has 0 saturated carbocycles. The molecule has 3 N–H and O–H groups in total. The topological polar surface area (TPSA) is 73.6 Å². The summed E-state index contributed by atoms with van der Waals surface area (Å²) in [4.78, 5) is 12.2. The van der Waals surface area contributed by atoms with E-state index in [1.807, 2.05) is 87.5 Å². The Hall–Kier alpha value is -3.47. The first kappa shape index (κ1) is 20.3. The zero-order chi connectivity index (χ0) is 20.9. The third-order valence-electron chi connectivity index (χ3n) is 4.11. The van der Waals surface area contributed by atoms with E-state index < -0.39 is 11.7 Å². The standard InChI is InChI=1S/C24H26N2O3/c1-24(2,3)29-23(27)26-21-15-22(28-16-17-10-6-4-7-11-17)19(14-20(21)25)18-12-8-5-9-13-18/h4-15H,16,25H2,1-3H3,(H,26,27). The van der Waals surface area contributed by atoms with Gasteiger partial charge in [0.25, 0.3) is 0 Å². The summed E-state index contributed by atoms with van der Waals surface area (Å²) < 4.78 is 11.4. The summed E-state index contributed by atoms with van der Waals surface area (Å²) in [6.07, 6.45) is -0.564. The van der Waals surface area contributed by atoms with Crippen LogP contribution in [-0.2, 0) is 11.3 Å². The van der Waals surface area contributed by atoms with Gasteiger partial charge >= 0.3 is 6.09 Å². The van der Waals surface area contributed by atoms with Gasteiger partial charge < -0.3 is 15.2 Å². The summed E-state index contributed by atoms with van der Waals surface area (Å²) in [5.74, 6) is 0.625. The number of carbonyl (C=O) groups is 1. The normalized spacial score (nSPS) is 11.0. The van der Waals surface area contributed by atoms with Crippen molar-refractivity contribution in [1.82, 2.24) is 0 Å². The number of rotatable bonds is 5. The third-order valence-corrected chi connectivity index (χ3v) is 4.11. The highest BCUT2D eigenvalue weighted by Crippen LogP contribution is 2.37. The molecule has 0 unspecified atom stereocenters. The molecule has 3 aromatic carbocycles. The Morgan fingerprint density at radius 2 is 1.59 bits per heavy atom. The van der Waals surface area contributed by atoms with E-state index in [-0.39, 0.29) is 0 Å². The van der Waals surface area contributed by atoms with Gasteiger partial charge in [-0.2, -0.15) is 0 Å². The molecule has 1 amide bonds. The number of amides is 1. The zero-order valence-corrected chi connectivity index (χ0v) is 16.9. The molecule has 0 aromatic heterocycles. The van der Waals surface area contributed by atoms with Crippen molar-refractivity contribution in [3.63, 3.8) is 0 Å². The second-order valence-electron chi connectivity index (χ2n) is 7.70. The molecule has 0 aliphatic carbocycles. The second-order valence-corrected chi connectivity index (χ2v) is 7.70. The molecule has 0 radical (unpaired) electrons. The zero-order valence-electron chi connectivity index (χ0n) is 16.9. The SMILES string of the molecule is CC(C)(C)OC(=O)Nc1cc(OCc2ccccc2)c(-c2ccccc2)cc1N. The molecule has 0 bridgehead atoms. The average molecular weight is 390 g/mol. The average Bonchev–Trinajstić information content (AvgIpc) is 2.68. The van der Waals surface area contributed by atoms with Gasteiger partial charge in [-0.05, 0) is 38.0 Å². The third kappa shape index (κ3) is 5.75. The fourth-order valence-electron chi connectivity index (χ4n) is 2.82. The highest BCUT2D eigenvalue weighted by Gasteiger charge is 2.18. The maximum Gasteiger partial charge on any atom is 0.412 e. The fourth-order valence-corrected chi connectivity index (χ4v) is 2.82. The molecular formula is C24H26N2O3. The number of hydrogen-bond acceptors (Lipinski definition) is 4. The monoisotopic (exact) mass is 390 g/mol. The molecule has 0 spiro atoms. The van der Waals surface area contributed by atoms with Crippen LogP contribution in [0.15, 0.2) is 72.8 Å². The molecular weight excluding hydrogens is 364 g/mol. The number of hydrogen-bond donors (Lipinski definition) is 2. The maximum absolute atomic E-state index is 12.2. The van der Waals surface area contributed by atoms with Gasteiger partial charge in [-0.25, -0.2) is 4.79 Å². The van der Waals surface area contributed by atoms with Crippen LogP contribution in [0.1, 0.15) is 26.3 Å². The van der Waals surface area contributed by atoms with E-state index in [0.29, 0.717) is 23.7 Å². The van der Waals surface area contributed by atoms with Gasteiger partial charge in [0.15, 0.2) is 0 Å². The summed E-state index contributed by atoms with van der Waals surface area (Å²) in [5.41, 5.74) is 9.38. The van der Waals surface area contributed by atoms with Crippen LogP contribution in [0.2, 0.25) is 0 Å². The second kappa shape index (κ2) is 8.69. The van der Waals surface area contributed by atoms with Crippen molar-refractivity contribution in [1.29, 1.82) is 0 Å². The molecule has 150 valence electrons. The molecule has 0 aliphatic heterocycles. The van der Waals surface area contributed by atoms with Crippen molar-refractivity contribution in [3.05, 3.63) is 78.4 Å². The van der Waals surface area contributed by atoms with Gasteiger partial charge in [0.05, 0.1) is 11.4 Å². The number of anilines is 2. The maximum atomic E-state index is 12.2. The molecule has 0 atom stereocenters. The number of nitrogens with two attached hydrogens (primary N) is 1. The van der Waals surface area contributed by atoms with Crippen molar-refractivity contribution in [2.75, 3.05) is 11.1 Å². The molecule has 0 aliphatic rings. The van der Waals surface area contributed by atoms with E-state index in [1.165, 1.54) is 0 Å². The molecule has 0 fully saturated rings. The minimum atomic E-state index is -0.602. The number of benzene rings is 3. The molecule has 0 saturated heterocycles. The molecule has 3 rings (SSSR count). The first-order chi connectivity index (χ1) is 13.8. The van der Waals surface area contributed by atoms with E-state index in [0.717, 1.165) is 16.7 Å². The summed E-state index contributed by atoms with van der Waals surface area (Å²) in [6, 6.07) is 23.3. The highest BCUT2D eigenvalue weighted by atomic mass is 16.6. The predicted molar refractivity (Wildman–Crippen MR) is 117 cm³/mol. The Kier molecular flexibility index (Phi) is 6.07. The van der Waals surface area contributed by atoms with E-state index in [9.17, 15) is 4.79 Å². The van der Waals surface area contributed by atoms with Gasteiger partial charge in [-0.15, -0.1) is 0 Å². The van der Waals surface area contributed by atoms with Gasteiger partial charge in [0.2, 0.25) is 0 Å². The Morgan fingerprint density at radius 1 is 0.966 bits per heavy atom. The van der Waals surface area contributed by atoms with E-state index in [4.69, 9.17) is 15.2 Å². The van der Waals surface area contributed by atoms with Crippen LogP contribution < -0.4 is 15.8 Å². The van der Waals surface area contributed by atoms with Crippen molar-refractivity contribution >= 4 is 17.5 Å². The van der Waals surface area contributed by atoms with Gasteiger partial charge in [0.1, 0.15) is 18.0 Å². The Balaban J connectivity index is 1.92.